The number of hydrogen-bond donors (Lipinski definition) is 5. The van der Waals surface area contributed by atoms with Gasteiger partial charge in [-0.05, 0) is 168 Å². The fraction of sp³-hybridized carbons (Fsp3) is 1.00. The van der Waals surface area contributed by atoms with E-state index in [1.54, 1.807) is 0 Å². The van der Waals surface area contributed by atoms with Crippen molar-refractivity contribution in [3.8, 4) is 0 Å². The van der Waals surface area contributed by atoms with Crippen molar-refractivity contribution in [3.63, 3.8) is 0 Å². The molecule has 0 spiro atoms. The molecule has 258 valence electrons. The smallest absolute Gasteiger partial charge is 0.393 e. The third kappa shape index (κ3) is 8.04. The van der Waals surface area contributed by atoms with Crippen LogP contribution in [0.4, 0.5) is 0 Å². The lowest BCUT2D eigenvalue weighted by atomic mass is 9.44. The second-order valence-electron chi connectivity index (χ2n) is 16.3. The largest absolute Gasteiger partial charge is 0.397 e. The molecule has 0 radical (unpaired) electrons. The van der Waals surface area contributed by atoms with Crippen LogP contribution in [0.15, 0.2) is 0 Å². The molecule has 9 heteroatoms. The maximum atomic E-state index is 11.6. The molecule has 4 aliphatic rings. The van der Waals surface area contributed by atoms with Crippen LogP contribution < -0.4 is 16.4 Å². The van der Waals surface area contributed by atoms with Crippen LogP contribution in [-0.2, 0) is 14.6 Å². The van der Waals surface area contributed by atoms with Gasteiger partial charge in [0.1, 0.15) is 5.60 Å². The van der Waals surface area contributed by atoms with Gasteiger partial charge in [0.15, 0.2) is 0 Å². The summed E-state index contributed by atoms with van der Waals surface area (Å²) in [7, 11) is -4.65. The van der Waals surface area contributed by atoms with Crippen molar-refractivity contribution in [3.05, 3.63) is 0 Å². The molecule has 0 heterocycles. The highest BCUT2D eigenvalue weighted by Crippen LogP contribution is 2.68. The fourth-order valence-electron chi connectivity index (χ4n) is 11.1. The van der Waals surface area contributed by atoms with Gasteiger partial charge in [0.2, 0.25) is 0 Å². The third-order valence-corrected chi connectivity index (χ3v) is 14.4. The summed E-state index contributed by atoms with van der Waals surface area (Å²) in [6.07, 6.45) is 16.7. The number of unbranched alkanes of at least 4 members (excludes halogenated alkanes) is 1. The third-order valence-electron chi connectivity index (χ3n) is 13.8. The van der Waals surface area contributed by atoms with Crippen molar-refractivity contribution in [2.75, 3.05) is 32.8 Å². The zero-order valence-corrected chi connectivity index (χ0v) is 29.5. The number of rotatable bonds is 17. The molecule has 10 unspecified atom stereocenters. The highest BCUT2D eigenvalue weighted by Gasteiger charge is 2.60. The Kier molecular flexibility index (Phi) is 12.7. The number of aliphatic hydroxyl groups excluding tert-OH is 1. The molecule has 0 amide bonds. The maximum Gasteiger partial charge on any atom is 0.397 e. The topological polar surface area (TPSA) is 134 Å². The van der Waals surface area contributed by atoms with Crippen molar-refractivity contribution in [1.29, 1.82) is 0 Å². The van der Waals surface area contributed by atoms with Crippen molar-refractivity contribution < 1.29 is 22.3 Å². The second kappa shape index (κ2) is 15.3. The van der Waals surface area contributed by atoms with Crippen LogP contribution in [0.2, 0.25) is 0 Å². The highest BCUT2D eigenvalue weighted by atomic mass is 32.3. The summed E-state index contributed by atoms with van der Waals surface area (Å²) in [5, 5.41) is 17.7. The van der Waals surface area contributed by atoms with E-state index in [9.17, 15) is 18.1 Å². The van der Waals surface area contributed by atoms with E-state index in [4.69, 9.17) is 9.92 Å². The second-order valence-corrected chi connectivity index (χ2v) is 17.3. The Labute approximate surface area is 269 Å². The quantitative estimate of drug-likeness (QED) is 0.0973. The minimum absolute atomic E-state index is 0.237. The molecule has 0 aromatic heterocycles. The van der Waals surface area contributed by atoms with E-state index in [1.165, 1.54) is 70.6 Å². The molecule has 4 fully saturated rings. The highest BCUT2D eigenvalue weighted by molar-refractivity contribution is 7.80. The first-order chi connectivity index (χ1) is 20.8. The van der Waals surface area contributed by atoms with Gasteiger partial charge in [-0.1, -0.05) is 34.6 Å². The molecular formula is C35H67N3O5S. The summed E-state index contributed by atoms with van der Waals surface area (Å²) < 4.78 is 37.9. The van der Waals surface area contributed by atoms with Crippen LogP contribution in [0.5, 0.6) is 0 Å². The van der Waals surface area contributed by atoms with Gasteiger partial charge in [-0.15, -0.1) is 0 Å². The molecule has 0 bridgehead atoms. The van der Waals surface area contributed by atoms with Crippen molar-refractivity contribution in [2.45, 2.75) is 136 Å². The van der Waals surface area contributed by atoms with Crippen LogP contribution in [0.25, 0.3) is 0 Å². The van der Waals surface area contributed by atoms with Crippen molar-refractivity contribution in [1.82, 2.24) is 10.6 Å². The van der Waals surface area contributed by atoms with E-state index in [-0.39, 0.29) is 5.92 Å². The molecule has 0 aromatic carbocycles. The van der Waals surface area contributed by atoms with Gasteiger partial charge < -0.3 is 21.5 Å². The number of nitrogens with two attached hydrogens (primary N) is 1. The molecule has 0 saturated heterocycles. The van der Waals surface area contributed by atoms with Gasteiger partial charge >= 0.3 is 10.4 Å². The van der Waals surface area contributed by atoms with Gasteiger partial charge in [-0.3, -0.25) is 4.55 Å². The molecule has 6 N–H and O–H groups in total. The molecular weight excluding hydrogens is 574 g/mol. The standard InChI is InChI=1S/C35H67N3O5S/c1-25(2)35(24-39,43-44(40,41)42)18-13-26(3)30-11-12-31-29-10-9-27-23-28(38-22-8-21-37-20-7-6-19-36)14-16-33(27,4)32(29)15-17-34(30,31)5/h25-32,37-39H,6-24,36H2,1-5H3,(H,40,41,42). The van der Waals surface area contributed by atoms with E-state index in [0.29, 0.717) is 35.1 Å². The number of hydrogen-bond acceptors (Lipinski definition) is 7. The summed E-state index contributed by atoms with van der Waals surface area (Å²) in [4.78, 5) is 0. The average Bonchev–Trinajstić information content (AvgIpc) is 3.33. The minimum atomic E-state index is -4.65. The summed E-state index contributed by atoms with van der Waals surface area (Å²) in [6, 6.07) is 0.675. The zero-order valence-electron chi connectivity index (χ0n) is 28.7. The van der Waals surface area contributed by atoms with Crippen LogP contribution in [-0.4, -0.2) is 62.5 Å². The Morgan fingerprint density at radius 3 is 2.32 bits per heavy atom. The predicted octanol–water partition coefficient (Wildman–Crippen LogP) is 5.94. The predicted molar refractivity (Wildman–Crippen MR) is 178 cm³/mol. The monoisotopic (exact) mass is 641 g/mol. The first kappa shape index (κ1) is 36.5. The van der Waals surface area contributed by atoms with Crippen molar-refractivity contribution in [2.24, 2.45) is 58.0 Å². The minimum Gasteiger partial charge on any atom is -0.393 e. The lowest BCUT2D eigenvalue weighted by molar-refractivity contribution is -0.118. The van der Waals surface area contributed by atoms with E-state index < -0.39 is 22.6 Å². The van der Waals surface area contributed by atoms with Crippen LogP contribution in [0, 0.1) is 52.3 Å². The van der Waals surface area contributed by atoms with Gasteiger partial charge in [0.25, 0.3) is 0 Å². The SMILES string of the molecule is CC(CCC(CO)(OS(=O)(=O)O)C(C)C)C1CCC2C3CCC4CC(NCCCNCCCCN)CCC4(C)C3CCC12C. The van der Waals surface area contributed by atoms with Gasteiger partial charge in [-0.25, -0.2) is 4.18 Å². The molecule has 44 heavy (non-hydrogen) atoms. The van der Waals surface area contributed by atoms with Gasteiger partial charge in [0, 0.05) is 6.04 Å². The van der Waals surface area contributed by atoms with E-state index in [0.717, 1.165) is 62.7 Å². The molecule has 4 saturated carbocycles. The normalized spacial score (nSPS) is 37.7. The van der Waals surface area contributed by atoms with Crippen molar-refractivity contribution >= 4 is 10.4 Å². The molecule has 0 aromatic rings. The Balaban J connectivity index is 1.31. The number of fused-ring (bicyclic) bond motifs is 5. The molecule has 8 nitrogen and oxygen atoms in total. The van der Waals surface area contributed by atoms with Gasteiger partial charge in [0.05, 0.1) is 6.61 Å². The van der Waals surface area contributed by atoms with Gasteiger partial charge in [-0.2, -0.15) is 8.42 Å². The molecule has 4 aliphatic carbocycles. The van der Waals surface area contributed by atoms with E-state index in [2.05, 4.69) is 31.4 Å². The Hall–Kier alpha value is -0.290. The molecule has 0 aliphatic heterocycles. The molecule has 10 atom stereocenters. The van der Waals surface area contributed by atoms with Crippen LogP contribution in [0.3, 0.4) is 0 Å². The molecule has 4 rings (SSSR count). The first-order valence-corrected chi connectivity index (χ1v) is 19.6. The zero-order chi connectivity index (χ0) is 32.2. The summed E-state index contributed by atoms with van der Waals surface area (Å²) >= 11 is 0. The lowest BCUT2D eigenvalue weighted by Crippen LogP contribution is -2.55. The summed E-state index contributed by atoms with van der Waals surface area (Å²) in [6.45, 7) is 14.9. The summed E-state index contributed by atoms with van der Waals surface area (Å²) in [5.74, 6) is 4.07. The van der Waals surface area contributed by atoms with Crippen LogP contribution in [0.1, 0.15) is 125 Å². The lowest BCUT2D eigenvalue weighted by Gasteiger charge is -2.61. The van der Waals surface area contributed by atoms with E-state index in [1.807, 2.05) is 13.8 Å². The summed E-state index contributed by atoms with van der Waals surface area (Å²) in [5.41, 5.74) is 5.11. The maximum absolute atomic E-state index is 11.6. The number of aliphatic hydroxyl groups is 1. The van der Waals surface area contributed by atoms with Crippen LogP contribution >= 0.6 is 0 Å². The number of nitrogens with one attached hydrogen (secondary N) is 2. The van der Waals surface area contributed by atoms with E-state index >= 15 is 0 Å². The first-order valence-electron chi connectivity index (χ1n) is 18.2. The Morgan fingerprint density at radius 1 is 0.932 bits per heavy atom. The Morgan fingerprint density at radius 2 is 1.64 bits per heavy atom. The Bertz CT molecular complexity index is 1010. The fourth-order valence-corrected chi connectivity index (χ4v) is 11.8. The average molecular weight is 642 g/mol.